The Labute approximate surface area is 127 Å². The number of nitrogen functional groups attached to an aromatic ring is 1. The minimum absolute atomic E-state index is 0.260. The summed E-state index contributed by atoms with van der Waals surface area (Å²) in [4.78, 5) is 9.67. The van der Waals surface area contributed by atoms with Crippen LogP contribution >= 0.6 is 0 Å². The average molecular weight is 285 g/mol. The van der Waals surface area contributed by atoms with Gasteiger partial charge >= 0.3 is 0 Å². The Morgan fingerprint density at radius 3 is 2.19 bits per heavy atom. The number of aromatic nitrogens is 2. The third kappa shape index (κ3) is 2.35. The summed E-state index contributed by atoms with van der Waals surface area (Å²) in [6.07, 6.45) is 9.31. The van der Waals surface area contributed by atoms with E-state index in [1.54, 1.807) is 0 Å². The van der Waals surface area contributed by atoms with Gasteiger partial charge in [0.1, 0.15) is 11.6 Å². The van der Waals surface area contributed by atoms with Crippen LogP contribution in [0.5, 0.6) is 0 Å². The molecule has 114 valence electrons. The minimum atomic E-state index is 0.260. The van der Waals surface area contributed by atoms with Crippen molar-refractivity contribution < 1.29 is 0 Å². The van der Waals surface area contributed by atoms with E-state index >= 15 is 0 Å². The van der Waals surface area contributed by atoms with Crippen molar-refractivity contribution in [2.24, 2.45) is 23.7 Å². The summed E-state index contributed by atoms with van der Waals surface area (Å²) in [5.74, 6) is 5.15. The van der Waals surface area contributed by atoms with E-state index < -0.39 is 0 Å². The van der Waals surface area contributed by atoms with Gasteiger partial charge in [0.05, 0.1) is 0 Å². The van der Waals surface area contributed by atoms with Gasteiger partial charge in [0.15, 0.2) is 0 Å². The number of rotatable bonds is 3. The second kappa shape index (κ2) is 4.69. The summed E-state index contributed by atoms with van der Waals surface area (Å²) in [5, 5.41) is 0. The Hall–Kier alpha value is -1.12. The van der Waals surface area contributed by atoms with Gasteiger partial charge in [-0.15, -0.1) is 0 Å². The fourth-order valence-corrected chi connectivity index (χ4v) is 5.66. The molecular formula is C18H27N3. The number of hydrogen-bond acceptors (Lipinski definition) is 3. The molecule has 0 aromatic carbocycles. The van der Waals surface area contributed by atoms with E-state index in [1.165, 1.54) is 38.5 Å². The van der Waals surface area contributed by atoms with Gasteiger partial charge in [-0.05, 0) is 68.6 Å². The van der Waals surface area contributed by atoms with Gasteiger partial charge in [0.25, 0.3) is 0 Å². The smallest absolute Gasteiger partial charge is 0.137 e. The van der Waals surface area contributed by atoms with Crippen LogP contribution in [0, 0.1) is 23.7 Å². The van der Waals surface area contributed by atoms with E-state index in [4.69, 9.17) is 15.7 Å². The molecule has 4 fully saturated rings. The number of nitrogens with zero attached hydrogens (tertiary/aromatic N) is 2. The van der Waals surface area contributed by atoms with Gasteiger partial charge in [-0.1, -0.05) is 13.8 Å². The summed E-state index contributed by atoms with van der Waals surface area (Å²) < 4.78 is 0. The Morgan fingerprint density at radius 2 is 1.67 bits per heavy atom. The Kier molecular flexibility index (Phi) is 3.02. The molecular weight excluding hydrogens is 258 g/mol. The molecule has 2 N–H and O–H groups in total. The first-order chi connectivity index (χ1) is 10.0. The van der Waals surface area contributed by atoms with Gasteiger partial charge in [-0.25, -0.2) is 9.97 Å². The molecule has 0 amide bonds. The van der Waals surface area contributed by atoms with Crippen molar-refractivity contribution in [3.63, 3.8) is 0 Å². The predicted molar refractivity (Wildman–Crippen MR) is 84.8 cm³/mol. The fourth-order valence-electron chi connectivity index (χ4n) is 5.66. The van der Waals surface area contributed by atoms with Gasteiger partial charge in [0.2, 0.25) is 0 Å². The lowest BCUT2D eigenvalue weighted by atomic mass is 9.49. The molecule has 0 aliphatic heterocycles. The van der Waals surface area contributed by atoms with Crippen LogP contribution in [-0.2, 0) is 11.8 Å². The summed E-state index contributed by atoms with van der Waals surface area (Å²) in [5.41, 5.74) is 7.50. The molecule has 4 aliphatic rings. The van der Waals surface area contributed by atoms with Gasteiger partial charge in [-0.2, -0.15) is 0 Å². The standard InChI is InChI=1S/C18H27N3/c1-11(2)3-15-7-16(19)21-17(20-15)18-8-12-4-13(9-18)6-14(5-12)10-18/h7,11-14H,3-6,8-10H2,1-2H3,(H2,19,20,21). The maximum Gasteiger partial charge on any atom is 0.137 e. The molecule has 4 bridgehead atoms. The zero-order valence-corrected chi connectivity index (χ0v) is 13.3. The zero-order valence-electron chi connectivity index (χ0n) is 13.3. The van der Waals surface area contributed by atoms with Crippen molar-refractivity contribution in [1.82, 2.24) is 9.97 Å². The van der Waals surface area contributed by atoms with Crippen LogP contribution < -0.4 is 5.73 Å². The van der Waals surface area contributed by atoms with Gasteiger partial charge in [-0.3, -0.25) is 0 Å². The summed E-state index contributed by atoms with van der Waals surface area (Å²) in [6.45, 7) is 4.48. The van der Waals surface area contributed by atoms with E-state index in [1.807, 2.05) is 6.07 Å². The first kappa shape index (κ1) is 13.5. The van der Waals surface area contributed by atoms with Crippen LogP contribution in [0.4, 0.5) is 5.82 Å². The highest BCUT2D eigenvalue weighted by Gasteiger charge is 2.53. The number of nitrogens with two attached hydrogens (primary N) is 1. The molecule has 3 nitrogen and oxygen atoms in total. The van der Waals surface area contributed by atoms with Gasteiger partial charge in [0, 0.05) is 17.2 Å². The van der Waals surface area contributed by atoms with E-state index in [2.05, 4.69) is 13.8 Å². The highest BCUT2D eigenvalue weighted by molar-refractivity contribution is 5.33. The number of anilines is 1. The van der Waals surface area contributed by atoms with E-state index in [0.29, 0.717) is 11.7 Å². The zero-order chi connectivity index (χ0) is 14.6. The lowest BCUT2D eigenvalue weighted by Gasteiger charge is -2.56. The maximum absolute atomic E-state index is 6.10. The van der Waals surface area contributed by atoms with E-state index in [0.717, 1.165) is 35.7 Å². The second-order valence-corrected chi connectivity index (χ2v) is 8.40. The van der Waals surface area contributed by atoms with E-state index in [9.17, 15) is 0 Å². The van der Waals surface area contributed by atoms with Crippen molar-refractivity contribution in [1.29, 1.82) is 0 Å². The molecule has 1 heterocycles. The highest BCUT2D eigenvalue weighted by Crippen LogP contribution is 2.60. The first-order valence-electron chi connectivity index (χ1n) is 8.66. The third-order valence-electron chi connectivity index (χ3n) is 5.93. The van der Waals surface area contributed by atoms with E-state index in [-0.39, 0.29) is 5.41 Å². The van der Waals surface area contributed by atoms with Crippen LogP contribution in [0.3, 0.4) is 0 Å². The van der Waals surface area contributed by atoms with Crippen molar-refractivity contribution in [3.05, 3.63) is 17.6 Å². The summed E-state index contributed by atoms with van der Waals surface area (Å²) in [6, 6.07) is 1.98. The monoisotopic (exact) mass is 285 g/mol. The molecule has 0 spiro atoms. The van der Waals surface area contributed by atoms with Crippen LogP contribution in [0.15, 0.2) is 6.07 Å². The fraction of sp³-hybridized carbons (Fsp3) is 0.778. The largest absolute Gasteiger partial charge is 0.384 e. The first-order valence-corrected chi connectivity index (χ1v) is 8.66. The average Bonchev–Trinajstić information content (AvgIpc) is 2.35. The molecule has 0 saturated heterocycles. The quantitative estimate of drug-likeness (QED) is 0.920. The molecule has 0 radical (unpaired) electrons. The summed E-state index contributed by atoms with van der Waals surface area (Å²) in [7, 11) is 0. The third-order valence-corrected chi connectivity index (χ3v) is 5.93. The van der Waals surface area contributed by atoms with Crippen molar-refractivity contribution in [3.8, 4) is 0 Å². The Morgan fingerprint density at radius 1 is 1.10 bits per heavy atom. The van der Waals surface area contributed by atoms with Crippen LogP contribution in [0.25, 0.3) is 0 Å². The molecule has 5 rings (SSSR count). The topological polar surface area (TPSA) is 51.8 Å². The molecule has 1 aromatic rings. The molecule has 0 atom stereocenters. The van der Waals surface area contributed by atoms with Crippen LogP contribution in [-0.4, -0.2) is 9.97 Å². The molecule has 21 heavy (non-hydrogen) atoms. The lowest BCUT2D eigenvalue weighted by Crippen LogP contribution is -2.49. The second-order valence-electron chi connectivity index (χ2n) is 8.40. The lowest BCUT2D eigenvalue weighted by molar-refractivity contribution is -0.00943. The SMILES string of the molecule is CC(C)Cc1cc(N)nc(C23CC4CC(CC(C4)C2)C3)n1. The van der Waals surface area contributed by atoms with Gasteiger partial charge < -0.3 is 5.73 Å². The van der Waals surface area contributed by atoms with Crippen molar-refractivity contribution in [2.45, 2.75) is 64.2 Å². The Balaban J connectivity index is 1.71. The van der Waals surface area contributed by atoms with Crippen molar-refractivity contribution in [2.75, 3.05) is 5.73 Å². The molecule has 3 heteroatoms. The highest BCUT2D eigenvalue weighted by atomic mass is 15.0. The van der Waals surface area contributed by atoms with Crippen LogP contribution in [0.2, 0.25) is 0 Å². The molecule has 4 saturated carbocycles. The number of hydrogen-bond donors (Lipinski definition) is 1. The molecule has 4 aliphatic carbocycles. The predicted octanol–water partition coefficient (Wildman–Crippen LogP) is 3.73. The molecule has 0 unspecified atom stereocenters. The minimum Gasteiger partial charge on any atom is -0.384 e. The Bertz CT molecular complexity index is 514. The van der Waals surface area contributed by atoms with Crippen molar-refractivity contribution >= 4 is 5.82 Å². The molecule has 1 aromatic heterocycles. The maximum atomic E-state index is 6.10. The summed E-state index contributed by atoms with van der Waals surface area (Å²) >= 11 is 0. The normalized spacial score (nSPS) is 37.4. The van der Waals surface area contributed by atoms with Crippen LogP contribution in [0.1, 0.15) is 63.9 Å².